The van der Waals surface area contributed by atoms with Gasteiger partial charge in [0.05, 0.1) is 0 Å². The van der Waals surface area contributed by atoms with Crippen LogP contribution in [0.2, 0.25) is 0 Å². The number of nitrogens with zero attached hydrogens (tertiary/aromatic N) is 2. The highest BCUT2D eigenvalue weighted by Gasteiger charge is 2.21. The highest BCUT2D eigenvalue weighted by Crippen LogP contribution is 2.37. The predicted octanol–water partition coefficient (Wildman–Crippen LogP) is 3.63. The molecule has 0 saturated carbocycles. The van der Waals surface area contributed by atoms with E-state index in [1.807, 2.05) is 24.3 Å². The van der Waals surface area contributed by atoms with Gasteiger partial charge in [-0.2, -0.15) is 10.2 Å². The molecule has 2 atom stereocenters. The minimum atomic E-state index is -0.379. The van der Waals surface area contributed by atoms with Crippen LogP contribution in [-0.4, -0.2) is 0 Å². The molecule has 0 bridgehead atoms. The standard InChI is InChI=1S/C8H6Cl2N2/c9-7-5-3-1-2-4-6(5)8(10)12-11-7/h1-4,7-8H. The Hall–Kier alpha value is -0.600. The van der Waals surface area contributed by atoms with Gasteiger partial charge in [0.2, 0.25) is 0 Å². The number of halogens is 2. The number of azo groups is 1. The zero-order valence-corrected chi connectivity index (χ0v) is 7.63. The molecule has 0 aliphatic carbocycles. The fourth-order valence-corrected chi connectivity index (χ4v) is 1.68. The van der Waals surface area contributed by atoms with Crippen LogP contribution >= 0.6 is 23.2 Å². The maximum Gasteiger partial charge on any atom is 0.169 e. The van der Waals surface area contributed by atoms with E-state index in [1.165, 1.54) is 0 Å². The van der Waals surface area contributed by atoms with Crippen molar-refractivity contribution in [2.45, 2.75) is 11.0 Å². The average Bonchev–Trinajstić information content (AvgIpc) is 2.12. The Morgan fingerprint density at radius 1 is 0.917 bits per heavy atom. The fourth-order valence-electron chi connectivity index (χ4n) is 1.19. The first kappa shape index (κ1) is 8.02. The van der Waals surface area contributed by atoms with Crippen LogP contribution in [0.1, 0.15) is 22.1 Å². The average molecular weight is 201 g/mol. The van der Waals surface area contributed by atoms with Gasteiger partial charge in [0, 0.05) is 0 Å². The number of hydrogen-bond donors (Lipinski definition) is 0. The lowest BCUT2D eigenvalue weighted by atomic mass is 10.1. The van der Waals surface area contributed by atoms with Crippen molar-refractivity contribution in [2.24, 2.45) is 10.2 Å². The molecule has 0 saturated heterocycles. The smallest absolute Gasteiger partial charge is 0.168 e. The van der Waals surface area contributed by atoms with Crippen LogP contribution in [0.25, 0.3) is 0 Å². The lowest BCUT2D eigenvalue weighted by Crippen LogP contribution is -2.00. The van der Waals surface area contributed by atoms with Crippen LogP contribution < -0.4 is 0 Å². The highest BCUT2D eigenvalue weighted by atomic mass is 35.5. The molecule has 12 heavy (non-hydrogen) atoms. The first-order valence-corrected chi connectivity index (χ1v) is 4.43. The van der Waals surface area contributed by atoms with Gasteiger partial charge in [-0.05, 0) is 11.1 Å². The van der Waals surface area contributed by atoms with Gasteiger partial charge in [0.15, 0.2) is 11.0 Å². The van der Waals surface area contributed by atoms with Gasteiger partial charge in [0.1, 0.15) is 0 Å². The Morgan fingerprint density at radius 2 is 1.33 bits per heavy atom. The summed E-state index contributed by atoms with van der Waals surface area (Å²) < 4.78 is 0. The van der Waals surface area contributed by atoms with Gasteiger partial charge < -0.3 is 0 Å². The highest BCUT2D eigenvalue weighted by molar-refractivity contribution is 6.23. The van der Waals surface area contributed by atoms with Crippen molar-refractivity contribution in [3.8, 4) is 0 Å². The molecule has 2 unspecified atom stereocenters. The molecule has 1 aromatic rings. The van der Waals surface area contributed by atoms with Crippen molar-refractivity contribution in [1.82, 2.24) is 0 Å². The Morgan fingerprint density at radius 3 is 1.75 bits per heavy atom. The van der Waals surface area contributed by atoms with Crippen molar-refractivity contribution < 1.29 is 0 Å². The van der Waals surface area contributed by atoms with Crippen LogP contribution in [-0.2, 0) is 0 Å². The normalized spacial score (nSPS) is 26.8. The molecule has 0 amide bonds. The maximum atomic E-state index is 5.89. The van der Waals surface area contributed by atoms with E-state index in [4.69, 9.17) is 23.2 Å². The van der Waals surface area contributed by atoms with Gasteiger partial charge in [-0.3, -0.25) is 0 Å². The lowest BCUT2D eigenvalue weighted by Gasteiger charge is -2.16. The van der Waals surface area contributed by atoms with Crippen molar-refractivity contribution in [3.05, 3.63) is 35.4 Å². The maximum absolute atomic E-state index is 5.89. The summed E-state index contributed by atoms with van der Waals surface area (Å²) in [5, 5.41) is 7.62. The molecule has 0 aromatic heterocycles. The summed E-state index contributed by atoms with van der Waals surface area (Å²) in [5.41, 5.74) is 1.15. The Labute approximate surface area is 80.2 Å². The topological polar surface area (TPSA) is 24.7 Å². The van der Waals surface area contributed by atoms with Crippen LogP contribution in [0.15, 0.2) is 34.5 Å². The molecule has 0 spiro atoms. The minimum Gasteiger partial charge on any atom is -0.168 e. The predicted molar refractivity (Wildman–Crippen MR) is 48.5 cm³/mol. The first-order chi connectivity index (χ1) is 5.79. The molecule has 4 heteroatoms. The molecule has 2 rings (SSSR count). The number of benzene rings is 1. The minimum absolute atomic E-state index is 0.379. The second kappa shape index (κ2) is 3.04. The lowest BCUT2D eigenvalue weighted by molar-refractivity contribution is 0.750. The summed E-state index contributed by atoms with van der Waals surface area (Å²) in [5.74, 6) is 0. The van der Waals surface area contributed by atoms with Gasteiger partial charge in [0.25, 0.3) is 0 Å². The molecule has 1 aliphatic heterocycles. The van der Waals surface area contributed by atoms with E-state index in [9.17, 15) is 0 Å². The summed E-state index contributed by atoms with van der Waals surface area (Å²) in [4.78, 5) is 0. The number of rotatable bonds is 0. The Kier molecular flexibility index (Phi) is 2.03. The third-order valence-corrected chi connectivity index (χ3v) is 2.42. The summed E-state index contributed by atoms with van der Waals surface area (Å²) in [6, 6.07) is 7.67. The molecular weight excluding hydrogens is 195 g/mol. The largest absolute Gasteiger partial charge is 0.169 e. The van der Waals surface area contributed by atoms with Crippen LogP contribution in [0.5, 0.6) is 0 Å². The molecule has 2 nitrogen and oxygen atoms in total. The summed E-state index contributed by atoms with van der Waals surface area (Å²) >= 11 is 11.8. The second-order valence-electron chi connectivity index (χ2n) is 2.53. The van der Waals surface area contributed by atoms with Crippen molar-refractivity contribution in [3.63, 3.8) is 0 Å². The van der Waals surface area contributed by atoms with Gasteiger partial charge >= 0.3 is 0 Å². The fraction of sp³-hybridized carbons (Fsp3) is 0.250. The van der Waals surface area contributed by atoms with E-state index in [-0.39, 0.29) is 11.0 Å². The summed E-state index contributed by atoms with van der Waals surface area (Å²) in [7, 11) is 0. The van der Waals surface area contributed by atoms with E-state index in [0.29, 0.717) is 0 Å². The Bertz CT molecular complexity index is 294. The molecule has 62 valence electrons. The van der Waals surface area contributed by atoms with Crippen LogP contribution in [0.3, 0.4) is 0 Å². The molecule has 0 fully saturated rings. The van der Waals surface area contributed by atoms with Crippen LogP contribution in [0, 0.1) is 0 Å². The third kappa shape index (κ3) is 1.21. The number of hydrogen-bond acceptors (Lipinski definition) is 2. The molecular formula is C8H6Cl2N2. The quantitative estimate of drug-likeness (QED) is 0.452. The molecule has 0 N–H and O–H groups in total. The van der Waals surface area contributed by atoms with E-state index < -0.39 is 0 Å². The van der Waals surface area contributed by atoms with E-state index in [0.717, 1.165) is 11.1 Å². The molecule has 1 aliphatic rings. The molecule has 1 heterocycles. The van der Waals surface area contributed by atoms with Crippen molar-refractivity contribution in [2.75, 3.05) is 0 Å². The van der Waals surface area contributed by atoms with Gasteiger partial charge in [-0.1, -0.05) is 47.5 Å². The SMILES string of the molecule is ClC1N=NC(Cl)c2ccccc21. The molecule has 0 radical (unpaired) electrons. The van der Waals surface area contributed by atoms with E-state index >= 15 is 0 Å². The number of fused-ring (bicyclic) bond motifs is 1. The summed E-state index contributed by atoms with van der Waals surface area (Å²) in [6.07, 6.45) is 0. The van der Waals surface area contributed by atoms with Crippen LogP contribution in [0.4, 0.5) is 0 Å². The first-order valence-electron chi connectivity index (χ1n) is 3.56. The van der Waals surface area contributed by atoms with Gasteiger partial charge in [-0.15, -0.1) is 0 Å². The number of alkyl halides is 2. The van der Waals surface area contributed by atoms with Gasteiger partial charge in [-0.25, -0.2) is 0 Å². The Balaban J connectivity index is 2.54. The van der Waals surface area contributed by atoms with E-state index in [1.54, 1.807) is 0 Å². The van der Waals surface area contributed by atoms with Crippen molar-refractivity contribution in [1.29, 1.82) is 0 Å². The summed E-state index contributed by atoms with van der Waals surface area (Å²) in [6.45, 7) is 0. The zero-order valence-electron chi connectivity index (χ0n) is 6.11. The monoisotopic (exact) mass is 200 g/mol. The zero-order chi connectivity index (χ0) is 8.55. The second-order valence-corrected chi connectivity index (χ2v) is 3.36. The van der Waals surface area contributed by atoms with Crippen molar-refractivity contribution >= 4 is 23.2 Å². The molecule has 1 aromatic carbocycles. The third-order valence-electron chi connectivity index (χ3n) is 1.78. The van der Waals surface area contributed by atoms with E-state index in [2.05, 4.69) is 10.2 Å².